The largest absolute Gasteiger partial charge is 0.497 e. The molecule has 3 aromatic rings. The number of ether oxygens (including phenoxy) is 1. The summed E-state index contributed by atoms with van der Waals surface area (Å²) in [6.45, 7) is 14.4. The van der Waals surface area contributed by atoms with Crippen LogP contribution in [0.15, 0.2) is 73.3 Å². The SMILES string of the molecule is C=C(OC)c1ccc(N[C@@H]2C[C@H](C)N(C(C)=O)c3ccc(-c4cccc(N(CCCC)CCCC)c4)cc32)cc1. The van der Waals surface area contributed by atoms with E-state index in [1.54, 1.807) is 14.0 Å². The highest BCUT2D eigenvalue weighted by Gasteiger charge is 2.32. The normalized spacial score (nSPS) is 16.3. The fourth-order valence-corrected chi connectivity index (χ4v) is 5.68. The summed E-state index contributed by atoms with van der Waals surface area (Å²) < 4.78 is 5.28. The van der Waals surface area contributed by atoms with Crippen molar-refractivity contribution in [2.24, 2.45) is 0 Å². The maximum Gasteiger partial charge on any atom is 0.224 e. The molecule has 40 heavy (non-hydrogen) atoms. The van der Waals surface area contributed by atoms with E-state index < -0.39 is 0 Å². The van der Waals surface area contributed by atoms with E-state index in [4.69, 9.17) is 4.74 Å². The van der Waals surface area contributed by atoms with Crippen LogP contribution < -0.4 is 15.1 Å². The van der Waals surface area contributed by atoms with Gasteiger partial charge < -0.3 is 19.9 Å². The Morgan fingerprint density at radius 3 is 2.30 bits per heavy atom. The molecule has 0 aliphatic carbocycles. The third-order valence-corrected chi connectivity index (χ3v) is 7.92. The number of unbranched alkanes of at least 4 members (excludes halogenated alkanes) is 2. The number of hydrogen-bond donors (Lipinski definition) is 1. The van der Waals surface area contributed by atoms with Crippen molar-refractivity contribution in [1.82, 2.24) is 0 Å². The first-order valence-corrected chi connectivity index (χ1v) is 14.7. The summed E-state index contributed by atoms with van der Waals surface area (Å²) in [5.41, 5.74) is 7.78. The lowest BCUT2D eigenvalue weighted by Crippen LogP contribution is -2.43. The Morgan fingerprint density at radius 1 is 1.00 bits per heavy atom. The van der Waals surface area contributed by atoms with E-state index in [9.17, 15) is 4.79 Å². The fourth-order valence-electron chi connectivity index (χ4n) is 5.68. The van der Waals surface area contributed by atoms with Crippen LogP contribution in [0.3, 0.4) is 0 Å². The molecule has 0 saturated carbocycles. The average molecular weight is 540 g/mol. The Bertz CT molecular complexity index is 1290. The number of fused-ring (bicyclic) bond motifs is 1. The van der Waals surface area contributed by atoms with Crippen LogP contribution in [-0.4, -0.2) is 32.1 Å². The van der Waals surface area contributed by atoms with Crippen LogP contribution in [0.2, 0.25) is 0 Å². The molecule has 0 spiro atoms. The molecule has 1 amide bonds. The molecular formula is C35H45N3O2. The number of nitrogens with zero attached hydrogens (tertiary/aromatic N) is 2. The molecule has 0 unspecified atom stereocenters. The van der Waals surface area contributed by atoms with Gasteiger partial charge in [-0.05, 0) is 91.4 Å². The van der Waals surface area contributed by atoms with Crippen LogP contribution in [0.4, 0.5) is 17.1 Å². The molecule has 0 bridgehead atoms. The molecule has 1 aliphatic heterocycles. The van der Waals surface area contributed by atoms with E-state index in [0.717, 1.165) is 42.0 Å². The van der Waals surface area contributed by atoms with Crippen LogP contribution in [-0.2, 0) is 9.53 Å². The quantitative estimate of drug-likeness (QED) is 0.234. The molecule has 0 aromatic heterocycles. The number of benzene rings is 3. The van der Waals surface area contributed by atoms with Crippen molar-refractivity contribution in [3.05, 3.63) is 84.4 Å². The molecule has 212 valence electrons. The number of anilines is 3. The predicted molar refractivity (Wildman–Crippen MR) is 170 cm³/mol. The molecule has 5 heteroatoms. The molecule has 3 aromatic carbocycles. The number of nitrogens with one attached hydrogen (secondary N) is 1. The van der Waals surface area contributed by atoms with Crippen molar-refractivity contribution < 1.29 is 9.53 Å². The second kappa shape index (κ2) is 13.6. The van der Waals surface area contributed by atoms with Crippen molar-refractivity contribution in [1.29, 1.82) is 0 Å². The number of amides is 1. The van der Waals surface area contributed by atoms with Gasteiger partial charge in [0.25, 0.3) is 0 Å². The smallest absolute Gasteiger partial charge is 0.224 e. The Hall–Kier alpha value is -3.73. The van der Waals surface area contributed by atoms with Gasteiger partial charge in [0.05, 0.1) is 13.2 Å². The minimum absolute atomic E-state index is 0.0748. The highest BCUT2D eigenvalue weighted by Crippen LogP contribution is 2.41. The van der Waals surface area contributed by atoms with Crippen molar-refractivity contribution in [2.45, 2.75) is 71.9 Å². The number of methoxy groups -OCH3 is 1. The predicted octanol–water partition coefficient (Wildman–Crippen LogP) is 8.68. The van der Waals surface area contributed by atoms with Crippen LogP contribution >= 0.6 is 0 Å². The highest BCUT2D eigenvalue weighted by atomic mass is 16.5. The number of rotatable bonds is 12. The van der Waals surface area contributed by atoms with Crippen molar-refractivity contribution in [2.75, 3.05) is 35.3 Å². The zero-order chi connectivity index (χ0) is 28.6. The monoisotopic (exact) mass is 539 g/mol. The fraction of sp³-hybridized carbons (Fsp3) is 0.400. The number of hydrogen-bond acceptors (Lipinski definition) is 4. The average Bonchev–Trinajstić information content (AvgIpc) is 2.97. The number of carbonyl (C=O) groups excluding carboxylic acids is 1. The zero-order valence-electron chi connectivity index (χ0n) is 24.9. The molecule has 2 atom stereocenters. The minimum atomic E-state index is 0.0748. The van der Waals surface area contributed by atoms with Crippen LogP contribution in [0.1, 0.15) is 77.0 Å². The molecule has 0 fully saturated rings. The van der Waals surface area contributed by atoms with Gasteiger partial charge in [-0.1, -0.05) is 51.5 Å². The summed E-state index contributed by atoms with van der Waals surface area (Å²) >= 11 is 0. The van der Waals surface area contributed by atoms with Crippen molar-refractivity contribution in [3.63, 3.8) is 0 Å². The van der Waals surface area contributed by atoms with Crippen molar-refractivity contribution >= 4 is 28.7 Å². The van der Waals surface area contributed by atoms with Gasteiger partial charge in [-0.15, -0.1) is 0 Å². The van der Waals surface area contributed by atoms with E-state index in [1.807, 2.05) is 17.0 Å². The lowest BCUT2D eigenvalue weighted by Gasteiger charge is -2.40. The highest BCUT2D eigenvalue weighted by molar-refractivity contribution is 5.94. The Labute approximate surface area is 240 Å². The van der Waals surface area contributed by atoms with Gasteiger partial charge in [0.15, 0.2) is 0 Å². The van der Waals surface area contributed by atoms with Gasteiger partial charge >= 0.3 is 0 Å². The maximum absolute atomic E-state index is 12.7. The molecule has 0 radical (unpaired) electrons. The molecule has 4 rings (SSSR count). The lowest BCUT2D eigenvalue weighted by molar-refractivity contribution is -0.117. The van der Waals surface area contributed by atoms with Crippen molar-refractivity contribution in [3.8, 4) is 11.1 Å². The minimum Gasteiger partial charge on any atom is -0.497 e. The van der Waals surface area contributed by atoms with Gasteiger partial charge in [-0.3, -0.25) is 4.79 Å². The van der Waals surface area contributed by atoms with E-state index in [2.05, 4.69) is 92.2 Å². The summed E-state index contributed by atoms with van der Waals surface area (Å²) in [6.07, 6.45) is 5.59. The van der Waals surface area contributed by atoms with Crippen LogP contribution in [0, 0.1) is 0 Å². The third kappa shape index (κ3) is 6.70. The molecule has 1 heterocycles. The zero-order valence-corrected chi connectivity index (χ0v) is 24.9. The standard InChI is InChI=1S/C35H45N3O2/c1-7-9-20-37(21-10-8-2)32-13-11-12-29(23-32)30-16-19-35-33(24-30)34(22-25(3)38(35)27(5)39)36-31-17-14-28(15-18-31)26(4)40-6/h11-19,23-25,34,36H,4,7-10,20-22H2,1-3,5-6H3/t25-,34+/m0/s1. The first-order chi connectivity index (χ1) is 19.4. The Balaban J connectivity index is 1.69. The second-order valence-electron chi connectivity index (χ2n) is 10.9. The summed E-state index contributed by atoms with van der Waals surface area (Å²) in [5, 5.41) is 3.75. The van der Waals surface area contributed by atoms with Gasteiger partial charge in [-0.2, -0.15) is 0 Å². The topological polar surface area (TPSA) is 44.8 Å². The molecule has 1 aliphatic rings. The van der Waals surface area contributed by atoms with E-state index in [-0.39, 0.29) is 18.0 Å². The van der Waals surface area contributed by atoms with Gasteiger partial charge in [0, 0.05) is 48.7 Å². The van der Waals surface area contributed by atoms with Gasteiger partial charge in [-0.25, -0.2) is 0 Å². The van der Waals surface area contributed by atoms with Gasteiger partial charge in [0.1, 0.15) is 5.76 Å². The lowest BCUT2D eigenvalue weighted by atomic mass is 9.88. The first kappa shape index (κ1) is 29.3. The Morgan fingerprint density at radius 2 is 1.68 bits per heavy atom. The van der Waals surface area contributed by atoms with Crippen LogP contribution in [0.5, 0.6) is 0 Å². The van der Waals surface area contributed by atoms with E-state index >= 15 is 0 Å². The maximum atomic E-state index is 12.7. The third-order valence-electron chi connectivity index (χ3n) is 7.92. The second-order valence-corrected chi connectivity index (χ2v) is 10.9. The number of carbonyl (C=O) groups is 1. The summed E-state index contributed by atoms with van der Waals surface area (Å²) in [7, 11) is 1.64. The molecular weight excluding hydrogens is 494 g/mol. The van der Waals surface area contributed by atoms with Crippen LogP contribution in [0.25, 0.3) is 16.9 Å². The van der Waals surface area contributed by atoms with Gasteiger partial charge in [0.2, 0.25) is 5.91 Å². The molecule has 5 nitrogen and oxygen atoms in total. The summed E-state index contributed by atoms with van der Waals surface area (Å²) in [6, 6.07) is 23.8. The summed E-state index contributed by atoms with van der Waals surface area (Å²) in [4.78, 5) is 17.2. The Kier molecular flexibility index (Phi) is 9.92. The van der Waals surface area contributed by atoms with E-state index in [1.165, 1.54) is 42.5 Å². The van der Waals surface area contributed by atoms with E-state index in [0.29, 0.717) is 5.76 Å². The molecule has 0 saturated heterocycles. The summed E-state index contributed by atoms with van der Waals surface area (Å²) in [5.74, 6) is 0.724. The molecule has 1 N–H and O–H groups in total. The first-order valence-electron chi connectivity index (χ1n) is 14.7.